The molecular formula is C13H25N3. The maximum Gasteiger partial charge on any atom is 0.0948 e. The number of imidazole rings is 1. The molecule has 0 aliphatic heterocycles. The van der Waals surface area contributed by atoms with Gasteiger partial charge in [-0.2, -0.15) is 0 Å². The fourth-order valence-corrected chi connectivity index (χ4v) is 2.06. The van der Waals surface area contributed by atoms with E-state index in [1.54, 1.807) is 0 Å². The Morgan fingerprint density at radius 2 is 2.25 bits per heavy atom. The lowest BCUT2D eigenvalue weighted by molar-refractivity contribution is 0.385. The Hall–Kier alpha value is -0.830. The van der Waals surface area contributed by atoms with Gasteiger partial charge in [0.15, 0.2) is 0 Å². The molecule has 0 saturated heterocycles. The van der Waals surface area contributed by atoms with Gasteiger partial charge in [-0.1, -0.05) is 33.1 Å². The largest absolute Gasteiger partial charge is 0.334 e. The van der Waals surface area contributed by atoms with E-state index in [9.17, 15) is 0 Å². The Bertz CT molecular complexity index is 280. The van der Waals surface area contributed by atoms with E-state index in [0.29, 0.717) is 6.54 Å². The molecule has 0 saturated carbocycles. The molecule has 0 radical (unpaired) electrons. The molecule has 1 atom stereocenters. The standard InChI is InChI=1S/C13H25N3/c1-3-5-6-12(4-2)10-16-11-15-9-13(16)7-8-14/h9,11-12H,3-8,10,14H2,1-2H3. The second-order valence-corrected chi connectivity index (χ2v) is 4.49. The Morgan fingerprint density at radius 1 is 1.44 bits per heavy atom. The van der Waals surface area contributed by atoms with E-state index in [1.165, 1.54) is 31.4 Å². The summed E-state index contributed by atoms with van der Waals surface area (Å²) in [5, 5.41) is 0. The zero-order valence-electron chi connectivity index (χ0n) is 10.7. The molecule has 0 aromatic carbocycles. The minimum Gasteiger partial charge on any atom is -0.334 e. The predicted molar refractivity (Wildman–Crippen MR) is 68.3 cm³/mol. The fraction of sp³-hybridized carbons (Fsp3) is 0.769. The van der Waals surface area contributed by atoms with Gasteiger partial charge in [-0.25, -0.2) is 4.98 Å². The smallest absolute Gasteiger partial charge is 0.0948 e. The van der Waals surface area contributed by atoms with E-state index in [0.717, 1.165) is 18.9 Å². The maximum absolute atomic E-state index is 5.59. The summed E-state index contributed by atoms with van der Waals surface area (Å²) >= 11 is 0. The lowest BCUT2D eigenvalue weighted by atomic mass is 9.99. The average molecular weight is 223 g/mol. The lowest BCUT2D eigenvalue weighted by Gasteiger charge is -2.16. The van der Waals surface area contributed by atoms with Gasteiger partial charge in [0.2, 0.25) is 0 Å². The molecule has 1 rings (SSSR count). The van der Waals surface area contributed by atoms with E-state index in [2.05, 4.69) is 23.4 Å². The molecule has 1 heterocycles. The Kier molecular flexibility index (Phi) is 6.16. The van der Waals surface area contributed by atoms with Crippen LogP contribution >= 0.6 is 0 Å². The molecule has 3 heteroatoms. The molecule has 16 heavy (non-hydrogen) atoms. The molecule has 0 aliphatic rings. The van der Waals surface area contributed by atoms with E-state index in [1.807, 2.05) is 12.5 Å². The lowest BCUT2D eigenvalue weighted by Crippen LogP contribution is -2.14. The molecule has 3 nitrogen and oxygen atoms in total. The van der Waals surface area contributed by atoms with Crippen LogP contribution in [-0.2, 0) is 13.0 Å². The molecule has 92 valence electrons. The number of rotatable bonds is 8. The van der Waals surface area contributed by atoms with Crippen LogP contribution in [0.2, 0.25) is 0 Å². The predicted octanol–water partition coefficient (Wildman–Crippen LogP) is 2.60. The zero-order chi connectivity index (χ0) is 11.8. The first-order valence-corrected chi connectivity index (χ1v) is 6.50. The van der Waals surface area contributed by atoms with E-state index in [4.69, 9.17) is 5.73 Å². The normalized spacial score (nSPS) is 12.9. The summed E-state index contributed by atoms with van der Waals surface area (Å²) in [5.74, 6) is 0.783. The molecule has 0 bridgehead atoms. The number of nitrogens with two attached hydrogens (primary N) is 1. The highest BCUT2D eigenvalue weighted by atomic mass is 15.0. The molecule has 1 aromatic rings. The molecular weight excluding hydrogens is 198 g/mol. The van der Waals surface area contributed by atoms with Crippen LogP contribution in [0.15, 0.2) is 12.5 Å². The quantitative estimate of drug-likeness (QED) is 0.736. The van der Waals surface area contributed by atoms with Gasteiger partial charge in [0.25, 0.3) is 0 Å². The number of nitrogens with zero attached hydrogens (tertiary/aromatic N) is 2. The van der Waals surface area contributed by atoms with Crippen molar-refractivity contribution in [2.24, 2.45) is 11.7 Å². The molecule has 1 aromatic heterocycles. The van der Waals surface area contributed by atoms with Crippen molar-refractivity contribution in [1.29, 1.82) is 0 Å². The molecule has 0 spiro atoms. The van der Waals surface area contributed by atoms with Gasteiger partial charge in [-0.3, -0.25) is 0 Å². The van der Waals surface area contributed by atoms with Crippen molar-refractivity contribution in [1.82, 2.24) is 9.55 Å². The van der Waals surface area contributed by atoms with Gasteiger partial charge in [0, 0.05) is 24.9 Å². The van der Waals surface area contributed by atoms with Crippen molar-refractivity contribution in [2.45, 2.75) is 52.5 Å². The fourth-order valence-electron chi connectivity index (χ4n) is 2.06. The van der Waals surface area contributed by atoms with Crippen LogP contribution in [-0.4, -0.2) is 16.1 Å². The summed E-state index contributed by atoms with van der Waals surface area (Å²) < 4.78 is 2.27. The summed E-state index contributed by atoms with van der Waals surface area (Å²) in [6.45, 7) is 6.34. The minimum absolute atomic E-state index is 0.706. The highest BCUT2D eigenvalue weighted by Crippen LogP contribution is 2.16. The second kappa shape index (κ2) is 7.44. The third-order valence-electron chi connectivity index (χ3n) is 3.20. The summed E-state index contributed by atoms with van der Waals surface area (Å²) in [6, 6.07) is 0. The van der Waals surface area contributed by atoms with Gasteiger partial charge in [-0.05, 0) is 18.9 Å². The van der Waals surface area contributed by atoms with Gasteiger partial charge in [0.1, 0.15) is 0 Å². The maximum atomic E-state index is 5.59. The van der Waals surface area contributed by atoms with Crippen LogP contribution in [0.5, 0.6) is 0 Å². The van der Waals surface area contributed by atoms with E-state index in [-0.39, 0.29) is 0 Å². The first-order valence-electron chi connectivity index (χ1n) is 6.50. The molecule has 0 fully saturated rings. The van der Waals surface area contributed by atoms with Crippen LogP contribution in [0.25, 0.3) is 0 Å². The topological polar surface area (TPSA) is 43.8 Å². The first-order chi connectivity index (χ1) is 7.81. The van der Waals surface area contributed by atoms with Crippen molar-refractivity contribution in [3.05, 3.63) is 18.2 Å². The molecule has 0 amide bonds. The van der Waals surface area contributed by atoms with Crippen LogP contribution < -0.4 is 5.73 Å². The Morgan fingerprint density at radius 3 is 2.88 bits per heavy atom. The highest BCUT2D eigenvalue weighted by Gasteiger charge is 2.09. The number of unbranched alkanes of at least 4 members (excludes halogenated alkanes) is 1. The third-order valence-corrected chi connectivity index (χ3v) is 3.20. The van der Waals surface area contributed by atoms with Crippen molar-refractivity contribution in [3.63, 3.8) is 0 Å². The second-order valence-electron chi connectivity index (χ2n) is 4.49. The van der Waals surface area contributed by atoms with Gasteiger partial charge in [-0.15, -0.1) is 0 Å². The number of aromatic nitrogens is 2. The van der Waals surface area contributed by atoms with Crippen molar-refractivity contribution in [2.75, 3.05) is 6.54 Å². The van der Waals surface area contributed by atoms with Crippen LogP contribution in [0, 0.1) is 5.92 Å². The Labute approximate surface area is 99.1 Å². The monoisotopic (exact) mass is 223 g/mol. The minimum atomic E-state index is 0.706. The summed E-state index contributed by atoms with van der Waals surface area (Å²) in [6.07, 6.45) is 10.0. The third kappa shape index (κ3) is 3.97. The van der Waals surface area contributed by atoms with Crippen molar-refractivity contribution < 1.29 is 0 Å². The molecule has 2 N–H and O–H groups in total. The summed E-state index contributed by atoms with van der Waals surface area (Å²) in [7, 11) is 0. The molecule has 0 aliphatic carbocycles. The van der Waals surface area contributed by atoms with Crippen LogP contribution in [0.4, 0.5) is 0 Å². The van der Waals surface area contributed by atoms with Crippen molar-refractivity contribution in [3.8, 4) is 0 Å². The van der Waals surface area contributed by atoms with Crippen LogP contribution in [0.1, 0.15) is 45.2 Å². The van der Waals surface area contributed by atoms with Crippen LogP contribution in [0.3, 0.4) is 0 Å². The molecule has 1 unspecified atom stereocenters. The average Bonchev–Trinajstić information content (AvgIpc) is 2.72. The first kappa shape index (κ1) is 13.2. The van der Waals surface area contributed by atoms with Gasteiger partial charge in [0.05, 0.1) is 6.33 Å². The van der Waals surface area contributed by atoms with E-state index >= 15 is 0 Å². The highest BCUT2D eigenvalue weighted by molar-refractivity contribution is 4.99. The SMILES string of the molecule is CCCCC(CC)Cn1cncc1CCN. The summed E-state index contributed by atoms with van der Waals surface area (Å²) in [5.41, 5.74) is 6.87. The zero-order valence-corrected chi connectivity index (χ0v) is 10.7. The Balaban J connectivity index is 2.51. The van der Waals surface area contributed by atoms with E-state index < -0.39 is 0 Å². The van der Waals surface area contributed by atoms with Crippen molar-refractivity contribution >= 4 is 0 Å². The van der Waals surface area contributed by atoms with Gasteiger partial charge < -0.3 is 10.3 Å². The number of hydrogen-bond acceptors (Lipinski definition) is 2. The summed E-state index contributed by atoms with van der Waals surface area (Å²) in [4.78, 5) is 4.22. The number of hydrogen-bond donors (Lipinski definition) is 1. The van der Waals surface area contributed by atoms with Gasteiger partial charge >= 0.3 is 0 Å².